The van der Waals surface area contributed by atoms with E-state index in [0.29, 0.717) is 3.97 Å². The number of rotatable bonds is 6. The average molecular weight is 439 g/mol. The van der Waals surface area contributed by atoms with E-state index in [1.54, 1.807) is 0 Å². The van der Waals surface area contributed by atoms with Crippen molar-refractivity contribution in [2.45, 2.75) is 31.0 Å². The molecule has 1 aromatic rings. The summed E-state index contributed by atoms with van der Waals surface area (Å²) >= 11 is 0. The van der Waals surface area contributed by atoms with Crippen LogP contribution in [0.5, 0.6) is 0 Å². The molecular formula is C15H20F3N5O5S. The van der Waals surface area contributed by atoms with Gasteiger partial charge >= 0.3 is 22.4 Å². The predicted octanol–water partition coefficient (Wildman–Crippen LogP) is -0.0598. The smallest absolute Gasteiger partial charge is 0.341 e. The summed E-state index contributed by atoms with van der Waals surface area (Å²) < 4.78 is 62.0. The maximum Gasteiger partial charge on any atom is 0.412 e. The number of nitrogens with zero attached hydrogens (tertiary/aromatic N) is 2. The predicted molar refractivity (Wildman–Crippen MR) is 94.3 cm³/mol. The lowest BCUT2D eigenvalue weighted by atomic mass is 9.89. The van der Waals surface area contributed by atoms with Gasteiger partial charge < -0.3 is 15.5 Å². The van der Waals surface area contributed by atoms with E-state index in [9.17, 15) is 31.2 Å². The summed E-state index contributed by atoms with van der Waals surface area (Å²) in [5.74, 6) is -2.71. The van der Waals surface area contributed by atoms with Gasteiger partial charge in [0.1, 0.15) is 5.69 Å². The zero-order chi connectivity index (χ0) is 22.0. The Hall–Kier alpha value is -2.58. The molecule has 162 valence electrons. The summed E-state index contributed by atoms with van der Waals surface area (Å²) in [4.78, 5) is 29.9. The largest absolute Gasteiger partial charge is 0.412 e. The number of hydroxylamine groups is 1. The van der Waals surface area contributed by atoms with E-state index in [0.717, 1.165) is 17.3 Å². The summed E-state index contributed by atoms with van der Waals surface area (Å²) in [6.45, 7) is 3.19. The topological polar surface area (TPSA) is 150 Å². The Morgan fingerprint density at radius 1 is 1.34 bits per heavy atom. The molecule has 1 amide bonds. The number of hydrogen-bond donors (Lipinski definition) is 3. The normalized spacial score (nSPS) is 16.9. The van der Waals surface area contributed by atoms with Crippen molar-refractivity contribution in [1.82, 2.24) is 14.4 Å². The average Bonchev–Trinajstić information content (AvgIpc) is 3.10. The summed E-state index contributed by atoms with van der Waals surface area (Å²) in [5.41, 5.74) is 6.97. The van der Waals surface area contributed by atoms with Crippen molar-refractivity contribution in [3.63, 3.8) is 0 Å². The Morgan fingerprint density at radius 2 is 1.93 bits per heavy atom. The van der Waals surface area contributed by atoms with E-state index < -0.39 is 40.2 Å². The van der Waals surface area contributed by atoms with Crippen LogP contribution in [0.3, 0.4) is 0 Å². The van der Waals surface area contributed by atoms with Crippen LogP contribution in [-0.2, 0) is 19.8 Å². The van der Waals surface area contributed by atoms with Gasteiger partial charge in [-0.05, 0) is 30.4 Å². The van der Waals surface area contributed by atoms with Gasteiger partial charge in [0, 0.05) is 25.5 Å². The molecule has 1 aliphatic rings. The molecular weight excluding hydrogens is 419 g/mol. The molecule has 5 N–H and O–H groups in total. The fourth-order valence-corrected chi connectivity index (χ4v) is 3.73. The van der Waals surface area contributed by atoms with E-state index in [1.165, 1.54) is 6.07 Å². The van der Waals surface area contributed by atoms with Crippen LogP contribution in [0.1, 0.15) is 34.8 Å². The first kappa shape index (κ1) is 22.7. The molecule has 1 aromatic heterocycles. The second kappa shape index (κ2) is 8.42. The fourth-order valence-electron chi connectivity index (χ4n) is 3.07. The maximum absolute atomic E-state index is 12.6. The van der Waals surface area contributed by atoms with Crippen LogP contribution in [0.15, 0.2) is 25.0 Å². The first-order valence-electron chi connectivity index (χ1n) is 8.31. The third-order valence-electron chi connectivity index (χ3n) is 4.45. The quantitative estimate of drug-likeness (QED) is 0.526. The van der Waals surface area contributed by atoms with Gasteiger partial charge in [-0.25, -0.2) is 19.4 Å². The van der Waals surface area contributed by atoms with E-state index >= 15 is 0 Å². The summed E-state index contributed by atoms with van der Waals surface area (Å²) in [5, 5.41) is 5.12. The lowest BCUT2D eigenvalue weighted by molar-refractivity contribution is -0.170. The minimum atomic E-state index is -4.85. The molecule has 0 saturated carbocycles. The van der Waals surface area contributed by atoms with E-state index in [4.69, 9.17) is 10.9 Å². The highest BCUT2D eigenvalue weighted by Gasteiger charge is 2.44. The van der Waals surface area contributed by atoms with Gasteiger partial charge in [0.25, 0.3) is 0 Å². The van der Waals surface area contributed by atoms with Gasteiger partial charge in [-0.3, -0.25) is 4.79 Å². The Labute approximate surface area is 164 Å². The molecule has 2 rings (SSSR count). The van der Waals surface area contributed by atoms with Gasteiger partial charge in [0.2, 0.25) is 5.91 Å². The summed E-state index contributed by atoms with van der Waals surface area (Å²) in [6.07, 6.45) is -2.36. The standard InChI is InChI=1S/C15H20F3N5O5S/c1-2-21-28-14(25)11-10(5-8-23(11)29(20,26)27)9-3-6-22(7-4-9)13(24)12(19)15(16,17)18/h2,5,8-9,12,21H,1,3-4,6-7,19H2,(H2,20,26,27). The van der Waals surface area contributed by atoms with Crippen molar-refractivity contribution >= 4 is 22.1 Å². The van der Waals surface area contributed by atoms with Crippen molar-refractivity contribution in [3.05, 3.63) is 36.3 Å². The number of hydrogen-bond acceptors (Lipinski definition) is 7. The third kappa shape index (κ3) is 5.07. The van der Waals surface area contributed by atoms with E-state index in [2.05, 4.69) is 16.9 Å². The molecule has 14 heteroatoms. The number of alkyl halides is 3. The molecule has 0 spiro atoms. The number of amides is 1. The first-order chi connectivity index (χ1) is 13.4. The first-order valence-corrected chi connectivity index (χ1v) is 9.81. The number of carbonyl (C=O) groups excluding carboxylic acids is 2. The molecule has 0 radical (unpaired) electrons. The van der Waals surface area contributed by atoms with Gasteiger partial charge in [0.15, 0.2) is 6.04 Å². The zero-order valence-electron chi connectivity index (χ0n) is 15.1. The zero-order valence-corrected chi connectivity index (χ0v) is 15.9. The van der Waals surface area contributed by atoms with Crippen LogP contribution in [0.2, 0.25) is 0 Å². The van der Waals surface area contributed by atoms with Gasteiger partial charge in [-0.15, -0.1) is 0 Å². The Balaban J connectivity index is 2.22. The molecule has 0 aliphatic carbocycles. The molecule has 1 atom stereocenters. The molecule has 0 aromatic carbocycles. The number of nitrogens with one attached hydrogen (secondary N) is 1. The molecule has 1 fully saturated rings. The highest BCUT2D eigenvalue weighted by Crippen LogP contribution is 2.32. The molecule has 10 nitrogen and oxygen atoms in total. The summed E-state index contributed by atoms with van der Waals surface area (Å²) in [6, 6.07) is -1.25. The van der Waals surface area contributed by atoms with Crippen molar-refractivity contribution in [1.29, 1.82) is 0 Å². The van der Waals surface area contributed by atoms with Crippen molar-refractivity contribution < 1.29 is 36.0 Å². The van der Waals surface area contributed by atoms with Crippen LogP contribution in [0.25, 0.3) is 0 Å². The minimum Gasteiger partial charge on any atom is -0.341 e. The van der Waals surface area contributed by atoms with Crippen LogP contribution in [0.4, 0.5) is 13.2 Å². The Kier molecular flexibility index (Phi) is 6.60. The van der Waals surface area contributed by atoms with Crippen LogP contribution in [-0.4, -0.2) is 54.5 Å². The van der Waals surface area contributed by atoms with Crippen molar-refractivity contribution in [3.8, 4) is 0 Å². The molecule has 29 heavy (non-hydrogen) atoms. The highest BCUT2D eigenvalue weighted by atomic mass is 32.2. The number of halogens is 3. The number of aromatic nitrogens is 1. The van der Waals surface area contributed by atoms with Crippen molar-refractivity contribution in [2.24, 2.45) is 10.9 Å². The number of carbonyl (C=O) groups is 2. The Morgan fingerprint density at radius 3 is 2.41 bits per heavy atom. The SMILES string of the molecule is C=CNOC(=O)c1c(C2CCN(C(=O)C(N)C(F)(F)F)CC2)ccn1S(N)(=O)=O. The maximum atomic E-state index is 12.6. The van der Waals surface area contributed by atoms with E-state index in [1.807, 2.05) is 0 Å². The molecule has 2 heterocycles. The molecule has 1 aliphatic heterocycles. The van der Waals surface area contributed by atoms with Gasteiger partial charge in [0.05, 0.1) is 0 Å². The second-order valence-corrected chi connectivity index (χ2v) is 7.71. The van der Waals surface area contributed by atoms with Gasteiger partial charge in [-0.1, -0.05) is 6.58 Å². The highest BCUT2D eigenvalue weighted by molar-refractivity contribution is 7.87. The number of piperidine rings is 1. The Bertz CT molecular complexity index is 891. The minimum absolute atomic E-state index is 0.0484. The molecule has 1 unspecified atom stereocenters. The van der Waals surface area contributed by atoms with Crippen molar-refractivity contribution in [2.75, 3.05) is 13.1 Å². The van der Waals surface area contributed by atoms with E-state index in [-0.39, 0.29) is 37.2 Å². The fraction of sp³-hybridized carbons (Fsp3) is 0.467. The molecule has 1 saturated heterocycles. The van der Waals surface area contributed by atoms with Crippen LogP contribution in [0, 0.1) is 0 Å². The van der Waals surface area contributed by atoms with Crippen LogP contribution >= 0.6 is 0 Å². The third-order valence-corrected chi connectivity index (χ3v) is 5.30. The lowest BCUT2D eigenvalue weighted by Crippen LogP contribution is -2.53. The monoisotopic (exact) mass is 439 g/mol. The molecule has 0 bridgehead atoms. The second-order valence-electron chi connectivity index (χ2n) is 6.29. The van der Waals surface area contributed by atoms with Crippen LogP contribution < -0.4 is 16.4 Å². The summed E-state index contributed by atoms with van der Waals surface area (Å²) in [7, 11) is -4.32. The number of nitrogens with two attached hydrogens (primary N) is 2. The number of likely N-dealkylation sites (tertiary alicyclic amines) is 1. The lowest BCUT2D eigenvalue weighted by Gasteiger charge is -2.34. The van der Waals surface area contributed by atoms with Gasteiger partial charge in [-0.2, -0.15) is 21.6 Å².